The van der Waals surface area contributed by atoms with E-state index in [0.717, 1.165) is 50.3 Å². The zero-order chi connectivity index (χ0) is 30.2. The maximum absolute atomic E-state index is 5.49. The van der Waals surface area contributed by atoms with E-state index in [1.54, 1.807) is 0 Å². The summed E-state index contributed by atoms with van der Waals surface area (Å²) >= 11 is 1.83. The molecule has 0 aliphatic rings. The molecule has 10 aromatic rings. The first kappa shape index (κ1) is 25.5. The van der Waals surface area contributed by atoms with Crippen molar-refractivity contribution in [2.24, 2.45) is 0 Å². The van der Waals surface area contributed by atoms with Gasteiger partial charge in [-0.2, -0.15) is 0 Å². The number of benzene rings is 7. The summed E-state index contributed by atoms with van der Waals surface area (Å²) in [5.74, 6) is 0.833. The summed E-state index contributed by atoms with van der Waals surface area (Å²) in [6, 6.07) is 54.2. The van der Waals surface area contributed by atoms with Crippen molar-refractivity contribution < 1.29 is 0 Å². The van der Waals surface area contributed by atoms with E-state index in [2.05, 4.69) is 150 Å². The molecule has 0 bridgehead atoms. The van der Waals surface area contributed by atoms with Crippen molar-refractivity contribution in [3.8, 4) is 28.2 Å². The van der Waals surface area contributed by atoms with Crippen LogP contribution in [0.2, 0.25) is 0 Å². The van der Waals surface area contributed by atoms with E-state index in [4.69, 9.17) is 9.97 Å². The quantitative estimate of drug-likeness (QED) is 0.201. The minimum Gasteiger partial charge on any atom is -0.292 e. The third kappa shape index (κ3) is 3.84. The van der Waals surface area contributed by atoms with Crippen molar-refractivity contribution in [3.05, 3.63) is 152 Å². The predicted molar refractivity (Wildman–Crippen MR) is 195 cm³/mol. The summed E-state index contributed by atoms with van der Waals surface area (Å²) < 4.78 is 4.87. The van der Waals surface area contributed by atoms with E-state index in [-0.39, 0.29) is 0 Å². The molecule has 46 heavy (non-hydrogen) atoms. The van der Waals surface area contributed by atoms with E-state index >= 15 is 0 Å². The van der Waals surface area contributed by atoms with Crippen molar-refractivity contribution in [2.45, 2.75) is 0 Å². The number of aromatic nitrogens is 3. The van der Waals surface area contributed by atoms with Crippen LogP contribution in [-0.2, 0) is 0 Å². The molecule has 4 heteroatoms. The second kappa shape index (κ2) is 9.83. The van der Waals surface area contributed by atoms with Gasteiger partial charge >= 0.3 is 0 Å². The highest BCUT2D eigenvalue weighted by molar-refractivity contribution is 7.25. The molecule has 0 amide bonds. The fraction of sp³-hybridized carbons (Fsp3) is 0. The third-order valence-corrected chi connectivity index (χ3v) is 10.3. The Bertz CT molecular complexity index is 2810. The fourth-order valence-electron chi connectivity index (χ4n) is 6.96. The molecule has 0 spiro atoms. The number of fused-ring (bicyclic) bond motifs is 8. The minimum atomic E-state index is 0.833. The summed E-state index contributed by atoms with van der Waals surface area (Å²) in [6.45, 7) is 0. The van der Waals surface area contributed by atoms with Gasteiger partial charge in [-0.1, -0.05) is 109 Å². The molecule has 0 saturated heterocycles. The van der Waals surface area contributed by atoms with E-state index in [1.807, 2.05) is 17.4 Å². The van der Waals surface area contributed by atoms with Crippen LogP contribution in [0.25, 0.3) is 92.0 Å². The van der Waals surface area contributed by atoms with Crippen LogP contribution in [0.5, 0.6) is 0 Å². The Labute approximate surface area is 268 Å². The van der Waals surface area contributed by atoms with E-state index in [1.165, 1.54) is 41.7 Å². The fourth-order valence-corrected chi connectivity index (χ4v) is 8.11. The lowest BCUT2D eigenvalue weighted by atomic mass is 10.0. The van der Waals surface area contributed by atoms with Gasteiger partial charge in [-0.05, 0) is 64.4 Å². The van der Waals surface area contributed by atoms with Crippen molar-refractivity contribution in [1.29, 1.82) is 0 Å². The molecule has 0 saturated carbocycles. The predicted octanol–water partition coefficient (Wildman–Crippen LogP) is 11.6. The number of para-hydroxylation sites is 1. The van der Waals surface area contributed by atoms with Crippen molar-refractivity contribution in [2.75, 3.05) is 0 Å². The molecule has 0 unspecified atom stereocenters. The van der Waals surface area contributed by atoms with Crippen LogP contribution in [0, 0.1) is 0 Å². The first-order valence-corrected chi connectivity index (χ1v) is 16.3. The van der Waals surface area contributed by atoms with Gasteiger partial charge in [-0.15, -0.1) is 11.3 Å². The van der Waals surface area contributed by atoms with Gasteiger partial charge in [0.05, 0.1) is 22.1 Å². The lowest BCUT2D eigenvalue weighted by Gasteiger charge is -2.15. The van der Waals surface area contributed by atoms with E-state index in [9.17, 15) is 0 Å². The highest BCUT2D eigenvalue weighted by Crippen LogP contribution is 2.40. The van der Waals surface area contributed by atoms with Gasteiger partial charge in [0.1, 0.15) is 5.69 Å². The number of thiophene rings is 1. The number of hydrogen-bond donors (Lipinski definition) is 0. The Kier molecular flexibility index (Phi) is 5.45. The Morgan fingerprint density at radius 1 is 0.413 bits per heavy atom. The second-order valence-electron chi connectivity index (χ2n) is 11.8. The van der Waals surface area contributed by atoms with Crippen LogP contribution < -0.4 is 0 Å². The minimum absolute atomic E-state index is 0.833. The summed E-state index contributed by atoms with van der Waals surface area (Å²) in [7, 11) is 0. The standard InChI is InChI=1S/C42H25N3S/c1-2-10-26(11-3-1)29-19-21-35-36(23-29)44-42(41(43-35)30-18-20-33-32-15-7-9-17-39(32)46-40(33)25-30)45-37-16-8-6-14-31(37)34-22-27-12-4-5-13-28(27)24-38(34)45/h1-25H. The van der Waals surface area contributed by atoms with Gasteiger partial charge in [-0.25, -0.2) is 9.97 Å². The largest absolute Gasteiger partial charge is 0.292 e. The van der Waals surface area contributed by atoms with Crippen molar-refractivity contribution >= 4 is 75.1 Å². The SMILES string of the molecule is c1ccc(-c2ccc3nc(-c4ccc5c(c4)sc4ccccc45)c(-n4c5ccccc5c5cc6ccccc6cc54)nc3c2)cc1. The first-order valence-electron chi connectivity index (χ1n) is 15.5. The lowest BCUT2D eigenvalue weighted by Crippen LogP contribution is -2.04. The van der Waals surface area contributed by atoms with Gasteiger partial charge in [0.2, 0.25) is 0 Å². The molecule has 0 aliphatic heterocycles. The molecule has 7 aromatic carbocycles. The van der Waals surface area contributed by atoms with Crippen LogP contribution in [0.3, 0.4) is 0 Å². The normalized spacial score (nSPS) is 11.9. The number of rotatable bonds is 3. The van der Waals surface area contributed by atoms with Crippen molar-refractivity contribution in [3.63, 3.8) is 0 Å². The molecule has 0 fully saturated rings. The molecule has 0 aliphatic carbocycles. The Morgan fingerprint density at radius 2 is 1.13 bits per heavy atom. The zero-order valence-corrected chi connectivity index (χ0v) is 25.5. The molecule has 3 aromatic heterocycles. The molecule has 214 valence electrons. The van der Waals surface area contributed by atoms with Gasteiger partial charge in [0, 0.05) is 36.5 Å². The monoisotopic (exact) mass is 603 g/mol. The summed E-state index contributed by atoms with van der Waals surface area (Å²) in [6.07, 6.45) is 0. The molecule has 3 nitrogen and oxygen atoms in total. The Morgan fingerprint density at radius 3 is 2.02 bits per heavy atom. The number of nitrogens with zero attached hydrogens (tertiary/aromatic N) is 3. The second-order valence-corrected chi connectivity index (χ2v) is 12.9. The van der Waals surface area contributed by atoms with Gasteiger partial charge in [-0.3, -0.25) is 4.57 Å². The number of hydrogen-bond acceptors (Lipinski definition) is 3. The average molecular weight is 604 g/mol. The lowest BCUT2D eigenvalue weighted by molar-refractivity contribution is 1.08. The topological polar surface area (TPSA) is 30.7 Å². The summed E-state index contributed by atoms with van der Waals surface area (Å²) in [5, 5.41) is 7.41. The van der Waals surface area contributed by atoms with E-state index < -0.39 is 0 Å². The van der Waals surface area contributed by atoms with E-state index in [0.29, 0.717) is 0 Å². The molecular formula is C42H25N3S. The molecule has 3 heterocycles. The van der Waals surface area contributed by atoms with Crippen LogP contribution in [0.1, 0.15) is 0 Å². The molecule has 0 N–H and O–H groups in total. The van der Waals surface area contributed by atoms with Gasteiger partial charge < -0.3 is 0 Å². The molecular weight excluding hydrogens is 579 g/mol. The van der Waals surface area contributed by atoms with Gasteiger partial charge in [0.15, 0.2) is 5.82 Å². The highest BCUT2D eigenvalue weighted by atomic mass is 32.1. The smallest absolute Gasteiger partial charge is 0.165 e. The van der Waals surface area contributed by atoms with Crippen LogP contribution in [0.15, 0.2) is 152 Å². The van der Waals surface area contributed by atoms with Gasteiger partial charge in [0.25, 0.3) is 0 Å². The zero-order valence-electron chi connectivity index (χ0n) is 24.7. The summed E-state index contributed by atoms with van der Waals surface area (Å²) in [5.41, 5.74) is 8.20. The maximum atomic E-state index is 5.49. The molecule has 0 atom stereocenters. The average Bonchev–Trinajstić information content (AvgIpc) is 3.65. The maximum Gasteiger partial charge on any atom is 0.165 e. The van der Waals surface area contributed by atoms with Crippen LogP contribution >= 0.6 is 11.3 Å². The van der Waals surface area contributed by atoms with Crippen LogP contribution in [0.4, 0.5) is 0 Å². The molecule has 10 rings (SSSR count). The highest BCUT2D eigenvalue weighted by Gasteiger charge is 2.20. The summed E-state index contributed by atoms with van der Waals surface area (Å²) in [4.78, 5) is 10.9. The Hall–Kier alpha value is -5.84. The molecule has 0 radical (unpaired) electrons. The first-order chi connectivity index (χ1) is 22.8. The Balaban J connectivity index is 1.31. The van der Waals surface area contributed by atoms with Crippen molar-refractivity contribution in [1.82, 2.24) is 14.5 Å². The third-order valence-electron chi connectivity index (χ3n) is 9.16. The van der Waals surface area contributed by atoms with Crippen LogP contribution in [-0.4, -0.2) is 14.5 Å².